The highest BCUT2D eigenvalue weighted by Gasteiger charge is 2.16. The van der Waals surface area contributed by atoms with Crippen molar-refractivity contribution in [1.82, 2.24) is 14.5 Å². The minimum Gasteiger partial charge on any atom is -0.456 e. The van der Waals surface area contributed by atoms with Gasteiger partial charge in [0.1, 0.15) is 17.4 Å². The Hall–Kier alpha value is -3.32. The minimum atomic E-state index is -0.437. The van der Waals surface area contributed by atoms with Crippen LogP contribution in [0.15, 0.2) is 59.5 Å². The van der Waals surface area contributed by atoms with Crippen molar-refractivity contribution in [2.24, 2.45) is 0 Å². The van der Waals surface area contributed by atoms with Crippen LogP contribution >= 0.6 is 11.3 Å². The van der Waals surface area contributed by atoms with E-state index in [2.05, 4.69) is 9.97 Å². The maximum atomic E-state index is 12.8. The second-order valence-corrected chi connectivity index (χ2v) is 8.72. The van der Waals surface area contributed by atoms with Crippen molar-refractivity contribution in [1.29, 1.82) is 0 Å². The Kier molecular flexibility index (Phi) is 5.34. The average Bonchev–Trinajstić information content (AvgIpc) is 3.15. The highest BCUT2D eigenvalue weighted by atomic mass is 32.1. The molecular formula is C24H21N3O3S. The fraction of sp³-hybridized carbons (Fsp3) is 0.250. The van der Waals surface area contributed by atoms with E-state index in [0.29, 0.717) is 23.0 Å². The number of hydrogen-bond acceptors (Lipinski definition) is 6. The van der Waals surface area contributed by atoms with Crippen LogP contribution in [0.2, 0.25) is 0 Å². The number of carbonyl (C=O) groups excluding carboxylic acids is 1. The van der Waals surface area contributed by atoms with Crippen LogP contribution in [0.1, 0.15) is 40.3 Å². The first kappa shape index (κ1) is 19.6. The molecule has 0 atom stereocenters. The summed E-state index contributed by atoms with van der Waals surface area (Å²) in [5, 5.41) is 1.43. The summed E-state index contributed by atoms with van der Waals surface area (Å²) in [5.74, 6) is 0.368. The van der Waals surface area contributed by atoms with Gasteiger partial charge in [0.25, 0.3) is 5.56 Å². The molecule has 7 heteroatoms. The van der Waals surface area contributed by atoms with Crippen molar-refractivity contribution in [3.8, 4) is 10.6 Å². The van der Waals surface area contributed by atoms with Gasteiger partial charge >= 0.3 is 5.97 Å². The Labute approximate surface area is 183 Å². The molecule has 1 aliphatic rings. The molecule has 0 bridgehead atoms. The van der Waals surface area contributed by atoms with Crippen molar-refractivity contribution < 1.29 is 9.53 Å². The zero-order chi connectivity index (χ0) is 21.2. The van der Waals surface area contributed by atoms with Crippen LogP contribution < -0.4 is 5.56 Å². The number of carbonyl (C=O) groups is 1. The van der Waals surface area contributed by atoms with Crippen LogP contribution in [-0.2, 0) is 24.3 Å². The van der Waals surface area contributed by atoms with Gasteiger partial charge in [0.05, 0.1) is 21.3 Å². The van der Waals surface area contributed by atoms with E-state index in [9.17, 15) is 9.59 Å². The number of aryl methyl sites for hydroxylation is 1. The van der Waals surface area contributed by atoms with E-state index in [1.807, 2.05) is 30.3 Å². The minimum absolute atomic E-state index is 0.0279. The van der Waals surface area contributed by atoms with Crippen LogP contribution in [-0.4, -0.2) is 20.5 Å². The lowest BCUT2D eigenvalue weighted by Gasteiger charge is -2.10. The third-order valence-corrected chi connectivity index (χ3v) is 6.49. The van der Waals surface area contributed by atoms with Gasteiger partial charge in [0.15, 0.2) is 0 Å². The van der Waals surface area contributed by atoms with E-state index in [1.54, 1.807) is 29.0 Å². The second-order valence-electron chi connectivity index (χ2n) is 7.60. The number of ether oxygens (including phenoxy) is 1. The van der Waals surface area contributed by atoms with Gasteiger partial charge in [-0.05, 0) is 31.0 Å². The normalized spacial score (nSPS) is 13.5. The standard InChI is InChI=1S/C24H21N3O3S/c28-23-19-11-10-17(13-20(19)26-21-9-5-2-6-12-27(21)23)24(29)30-15-18-14-25-22(31-18)16-7-3-1-4-8-16/h1,3-4,7-8,10-11,13-14H,2,5-6,9,12,15H2. The lowest BCUT2D eigenvalue weighted by atomic mass is 10.1. The lowest BCUT2D eigenvalue weighted by molar-refractivity contribution is 0.0477. The summed E-state index contributed by atoms with van der Waals surface area (Å²) >= 11 is 1.50. The molecule has 6 nitrogen and oxygen atoms in total. The molecular weight excluding hydrogens is 410 g/mol. The van der Waals surface area contributed by atoms with Gasteiger partial charge in [0.2, 0.25) is 0 Å². The van der Waals surface area contributed by atoms with Crippen LogP contribution in [0, 0.1) is 0 Å². The first-order valence-corrected chi connectivity index (χ1v) is 11.2. The molecule has 0 fully saturated rings. The summed E-state index contributed by atoms with van der Waals surface area (Å²) in [7, 11) is 0. The van der Waals surface area contributed by atoms with E-state index in [-0.39, 0.29) is 12.2 Å². The van der Waals surface area contributed by atoms with Crippen LogP contribution in [0.25, 0.3) is 21.5 Å². The Morgan fingerprint density at radius 3 is 2.84 bits per heavy atom. The molecule has 5 rings (SSSR count). The number of fused-ring (bicyclic) bond motifs is 2. The molecule has 1 aliphatic heterocycles. The van der Waals surface area contributed by atoms with Crippen LogP contribution in [0.4, 0.5) is 0 Å². The maximum Gasteiger partial charge on any atom is 0.338 e. The zero-order valence-electron chi connectivity index (χ0n) is 16.9. The SMILES string of the molecule is O=C(OCc1cnc(-c2ccccc2)s1)c1ccc2c(=O)n3c(nc2c1)CCCCC3. The fourth-order valence-corrected chi connectivity index (χ4v) is 4.68. The number of benzene rings is 2. The molecule has 2 aromatic carbocycles. The van der Waals surface area contributed by atoms with Crippen LogP contribution in [0.3, 0.4) is 0 Å². The molecule has 0 amide bonds. The summed E-state index contributed by atoms with van der Waals surface area (Å²) in [6, 6.07) is 14.9. The van der Waals surface area contributed by atoms with Gasteiger partial charge in [-0.1, -0.05) is 36.8 Å². The molecule has 0 spiro atoms. The zero-order valence-corrected chi connectivity index (χ0v) is 17.7. The molecule has 0 N–H and O–H groups in total. The van der Waals surface area contributed by atoms with Crippen molar-refractivity contribution >= 4 is 28.2 Å². The van der Waals surface area contributed by atoms with Gasteiger partial charge in [-0.3, -0.25) is 9.36 Å². The average molecular weight is 432 g/mol. The summed E-state index contributed by atoms with van der Waals surface area (Å²) in [5.41, 5.74) is 1.96. The number of esters is 1. The third-order valence-electron chi connectivity index (χ3n) is 5.47. The van der Waals surface area contributed by atoms with Crippen molar-refractivity contribution in [2.45, 2.75) is 38.8 Å². The molecule has 3 heterocycles. The third kappa shape index (κ3) is 4.01. The molecule has 31 heavy (non-hydrogen) atoms. The van der Waals surface area contributed by atoms with Gasteiger partial charge in [-0.15, -0.1) is 11.3 Å². The Balaban J connectivity index is 1.34. The number of thiazole rings is 1. The van der Waals surface area contributed by atoms with E-state index >= 15 is 0 Å². The first-order valence-electron chi connectivity index (χ1n) is 10.4. The summed E-state index contributed by atoms with van der Waals surface area (Å²) in [6.45, 7) is 0.863. The van der Waals surface area contributed by atoms with Gasteiger partial charge in [-0.25, -0.2) is 14.8 Å². The molecule has 0 saturated carbocycles. The topological polar surface area (TPSA) is 74.1 Å². The largest absolute Gasteiger partial charge is 0.456 e. The predicted molar refractivity (Wildman–Crippen MR) is 120 cm³/mol. The maximum absolute atomic E-state index is 12.8. The number of rotatable bonds is 4. The predicted octanol–water partition coefficient (Wildman–Crippen LogP) is 4.60. The first-order chi connectivity index (χ1) is 15.2. The highest BCUT2D eigenvalue weighted by molar-refractivity contribution is 7.15. The molecule has 4 aromatic rings. The fourth-order valence-electron chi connectivity index (χ4n) is 3.85. The van der Waals surface area contributed by atoms with Gasteiger partial charge in [-0.2, -0.15) is 0 Å². The summed E-state index contributed by atoms with van der Waals surface area (Å²) in [6.07, 6.45) is 5.64. The Morgan fingerprint density at radius 1 is 1.10 bits per heavy atom. The van der Waals surface area contributed by atoms with Crippen molar-refractivity contribution in [2.75, 3.05) is 0 Å². The van der Waals surface area contributed by atoms with Gasteiger partial charge < -0.3 is 4.74 Å². The summed E-state index contributed by atoms with van der Waals surface area (Å²) < 4.78 is 7.27. The lowest BCUT2D eigenvalue weighted by Crippen LogP contribution is -2.24. The molecule has 0 aliphatic carbocycles. The Morgan fingerprint density at radius 2 is 1.97 bits per heavy atom. The van der Waals surface area contributed by atoms with Gasteiger partial charge in [0, 0.05) is 24.7 Å². The molecule has 2 aromatic heterocycles. The van der Waals surface area contributed by atoms with E-state index < -0.39 is 5.97 Å². The summed E-state index contributed by atoms with van der Waals surface area (Å²) in [4.78, 5) is 35.4. The van der Waals surface area contributed by atoms with Crippen molar-refractivity contribution in [3.63, 3.8) is 0 Å². The number of aromatic nitrogens is 3. The quantitative estimate of drug-likeness (QED) is 0.442. The van der Waals surface area contributed by atoms with Crippen LogP contribution in [0.5, 0.6) is 0 Å². The second kappa shape index (κ2) is 8.43. The monoisotopic (exact) mass is 431 g/mol. The molecule has 0 saturated heterocycles. The number of nitrogens with zero attached hydrogens (tertiary/aromatic N) is 3. The molecule has 0 unspecified atom stereocenters. The van der Waals surface area contributed by atoms with E-state index in [0.717, 1.165) is 47.0 Å². The molecule has 0 radical (unpaired) electrons. The van der Waals surface area contributed by atoms with Crippen molar-refractivity contribution in [3.05, 3.63) is 81.3 Å². The smallest absolute Gasteiger partial charge is 0.338 e. The highest BCUT2D eigenvalue weighted by Crippen LogP contribution is 2.25. The molecule has 156 valence electrons. The van der Waals surface area contributed by atoms with E-state index in [1.165, 1.54) is 11.3 Å². The van der Waals surface area contributed by atoms with E-state index in [4.69, 9.17) is 4.74 Å². The Bertz CT molecular complexity index is 1310. The number of hydrogen-bond donors (Lipinski definition) is 0.